The van der Waals surface area contributed by atoms with E-state index < -0.39 is 0 Å². The third kappa shape index (κ3) is 3.69. The van der Waals surface area contributed by atoms with Crippen LogP contribution in [0.2, 0.25) is 0 Å². The summed E-state index contributed by atoms with van der Waals surface area (Å²) in [6.07, 6.45) is 4.48. The molecule has 0 amide bonds. The van der Waals surface area contributed by atoms with E-state index in [-0.39, 0.29) is 0 Å². The Morgan fingerprint density at radius 3 is 2.68 bits per heavy atom. The average molecular weight is 326 g/mol. The lowest BCUT2D eigenvalue weighted by Gasteiger charge is -2.35. The van der Waals surface area contributed by atoms with E-state index >= 15 is 0 Å². The largest absolute Gasteiger partial charge is 0.356 e. The zero-order chi connectivity index (χ0) is 13.8. The van der Waals surface area contributed by atoms with Gasteiger partial charge in [-0.15, -0.1) is 0 Å². The van der Waals surface area contributed by atoms with Gasteiger partial charge in [-0.1, -0.05) is 13.8 Å². The van der Waals surface area contributed by atoms with Crippen LogP contribution in [0, 0.1) is 11.8 Å². The quantitative estimate of drug-likeness (QED) is 0.919. The molecule has 1 N–H and O–H groups in total. The number of halogens is 1. The van der Waals surface area contributed by atoms with Crippen LogP contribution in [0.4, 0.5) is 5.82 Å². The number of aromatic nitrogens is 1. The third-order valence-electron chi connectivity index (χ3n) is 4.06. The van der Waals surface area contributed by atoms with Gasteiger partial charge in [-0.2, -0.15) is 0 Å². The Morgan fingerprint density at radius 2 is 2.11 bits per heavy atom. The van der Waals surface area contributed by atoms with Gasteiger partial charge in [-0.25, -0.2) is 4.98 Å². The van der Waals surface area contributed by atoms with E-state index in [4.69, 9.17) is 0 Å². The van der Waals surface area contributed by atoms with E-state index in [0.29, 0.717) is 0 Å². The van der Waals surface area contributed by atoms with E-state index in [1.54, 1.807) is 0 Å². The molecular formula is C15H24BrN3. The van der Waals surface area contributed by atoms with Gasteiger partial charge in [0.15, 0.2) is 0 Å². The second kappa shape index (κ2) is 6.71. The number of hydrogen-bond donors (Lipinski definition) is 1. The summed E-state index contributed by atoms with van der Waals surface area (Å²) in [5, 5.41) is 3.23. The summed E-state index contributed by atoms with van der Waals surface area (Å²) in [4.78, 5) is 7.07. The standard InChI is InChI=1S/C15H24BrN3/c1-11(2)12-4-6-19(7-5-12)15-13(9-17-3)8-14(16)10-18-15/h8,10-12,17H,4-7,9H2,1-3H3. The third-order valence-corrected chi connectivity index (χ3v) is 4.49. The van der Waals surface area contributed by atoms with E-state index in [0.717, 1.165) is 41.8 Å². The Balaban J connectivity index is 2.10. The van der Waals surface area contributed by atoms with Crippen molar-refractivity contribution in [2.45, 2.75) is 33.2 Å². The van der Waals surface area contributed by atoms with Crippen LogP contribution in [0.5, 0.6) is 0 Å². The fourth-order valence-electron chi connectivity index (χ4n) is 2.86. The molecule has 0 spiro atoms. The highest BCUT2D eigenvalue weighted by atomic mass is 79.9. The van der Waals surface area contributed by atoms with Crippen molar-refractivity contribution in [1.29, 1.82) is 0 Å². The summed E-state index contributed by atoms with van der Waals surface area (Å²) in [6.45, 7) is 7.81. The second-order valence-corrected chi connectivity index (χ2v) is 6.65. The van der Waals surface area contributed by atoms with Crippen LogP contribution < -0.4 is 10.2 Å². The van der Waals surface area contributed by atoms with Crippen molar-refractivity contribution < 1.29 is 0 Å². The topological polar surface area (TPSA) is 28.2 Å². The first-order valence-corrected chi connectivity index (χ1v) is 7.95. The van der Waals surface area contributed by atoms with Crippen LogP contribution in [0.15, 0.2) is 16.7 Å². The molecule has 0 unspecified atom stereocenters. The van der Waals surface area contributed by atoms with Crippen LogP contribution in [0.25, 0.3) is 0 Å². The number of rotatable bonds is 4. The zero-order valence-corrected chi connectivity index (χ0v) is 13.7. The molecule has 1 fully saturated rings. The van der Waals surface area contributed by atoms with Crippen molar-refractivity contribution in [1.82, 2.24) is 10.3 Å². The molecule has 0 atom stereocenters. The summed E-state index contributed by atoms with van der Waals surface area (Å²) in [6, 6.07) is 2.17. The Bertz CT molecular complexity index is 412. The Labute approximate surface area is 124 Å². The van der Waals surface area contributed by atoms with E-state index in [1.165, 1.54) is 18.4 Å². The fourth-order valence-corrected chi connectivity index (χ4v) is 3.24. The van der Waals surface area contributed by atoms with Crippen molar-refractivity contribution in [3.8, 4) is 0 Å². The minimum atomic E-state index is 0.803. The molecular weight excluding hydrogens is 302 g/mol. The number of hydrogen-bond acceptors (Lipinski definition) is 3. The van der Waals surface area contributed by atoms with Gasteiger partial charge in [0.2, 0.25) is 0 Å². The zero-order valence-electron chi connectivity index (χ0n) is 12.1. The molecule has 1 aliphatic heterocycles. The van der Waals surface area contributed by atoms with Crippen molar-refractivity contribution in [3.05, 3.63) is 22.3 Å². The SMILES string of the molecule is CNCc1cc(Br)cnc1N1CCC(C(C)C)CC1. The molecule has 0 bridgehead atoms. The van der Waals surface area contributed by atoms with Gasteiger partial charge in [-0.05, 0) is 53.7 Å². The predicted octanol–water partition coefficient (Wildman–Crippen LogP) is 3.44. The molecule has 0 aromatic carbocycles. The van der Waals surface area contributed by atoms with Gasteiger partial charge in [0.25, 0.3) is 0 Å². The maximum Gasteiger partial charge on any atom is 0.133 e. The van der Waals surface area contributed by atoms with Crippen LogP contribution in [-0.2, 0) is 6.54 Å². The molecule has 1 saturated heterocycles. The lowest BCUT2D eigenvalue weighted by atomic mass is 9.86. The molecule has 1 aromatic rings. The average Bonchev–Trinajstić information content (AvgIpc) is 2.39. The highest BCUT2D eigenvalue weighted by Crippen LogP contribution is 2.29. The molecule has 1 aromatic heterocycles. The first-order chi connectivity index (χ1) is 9.11. The van der Waals surface area contributed by atoms with Gasteiger partial charge in [0.05, 0.1) is 0 Å². The predicted molar refractivity (Wildman–Crippen MR) is 84.5 cm³/mol. The molecule has 1 aliphatic rings. The minimum absolute atomic E-state index is 0.803. The summed E-state index contributed by atoms with van der Waals surface area (Å²) in [7, 11) is 1.98. The van der Waals surface area contributed by atoms with Crippen molar-refractivity contribution in [3.63, 3.8) is 0 Å². The Hall–Kier alpha value is -0.610. The molecule has 3 nitrogen and oxygen atoms in total. The van der Waals surface area contributed by atoms with Gasteiger partial charge in [0.1, 0.15) is 5.82 Å². The number of anilines is 1. The summed E-state index contributed by atoms with van der Waals surface area (Å²) in [5.41, 5.74) is 1.28. The number of nitrogens with one attached hydrogen (secondary N) is 1. The molecule has 0 aliphatic carbocycles. The number of piperidine rings is 1. The first kappa shape index (κ1) is 14.8. The maximum atomic E-state index is 4.63. The molecule has 4 heteroatoms. The van der Waals surface area contributed by atoms with Gasteiger partial charge in [0, 0.05) is 35.9 Å². The summed E-state index contributed by atoms with van der Waals surface area (Å²) < 4.78 is 1.05. The van der Waals surface area contributed by atoms with E-state index in [1.807, 2.05) is 13.2 Å². The van der Waals surface area contributed by atoms with E-state index in [2.05, 4.69) is 51.0 Å². The molecule has 106 valence electrons. The summed E-state index contributed by atoms with van der Waals surface area (Å²) >= 11 is 3.51. The first-order valence-electron chi connectivity index (χ1n) is 7.15. The monoisotopic (exact) mass is 325 g/mol. The Morgan fingerprint density at radius 1 is 1.42 bits per heavy atom. The van der Waals surface area contributed by atoms with Crippen LogP contribution in [0.1, 0.15) is 32.3 Å². The van der Waals surface area contributed by atoms with Crippen LogP contribution in [-0.4, -0.2) is 25.1 Å². The number of pyridine rings is 1. The van der Waals surface area contributed by atoms with Crippen LogP contribution >= 0.6 is 15.9 Å². The Kier molecular flexibility index (Phi) is 5.22. The fraction of sp³-hybridized carbons (Fsp3) is 0.667. The highest BCUT2D eigenvalue weighted by Gasteiger charge is 2.23. The normalized spacial score (nSPS) is 17.2. The number of nitrogens with zero attached hydrogens (tertiary/aromatic N) is 2. The van der Waals surface area contributed by atoms with Gasteiger partial charge >= 0.3 is 0 Å². The van der Waals surface area contributed by atoms with E-state index in [9.17, 15) is 0 Å². The second-order valence-electron chi connectivity index (χ2n) is 5.74. The van der Waals surface area contributed by atoms with Gasteiger partial charge in [-0.3, -0.25) is 0 Å². The molecule has 2 rings (SSSR count). The molecule has 2 heterocycles. The highest BCUT2D eigenvalue weighted by molar-refractivity contribution is 9.10. The maximum absolute atomic E-state index is 4.63. The molecule has 19 heavy (non-hydrogen) atoms. The van der Waals surface area contributed by atoms with Gasteiger partial charge < -0.3 is 10.2 Å². The molecule has 0 radical (unpaired) electrons. The van der Waals surface area contributed by atoms with Crippen molar-refractivity contribution in [2.24, 2.45) is 11.8 Å². The minimum Gasteiger partial charge on any atom is -0.356 e. The van der Waals surface area contributed by atoms with Crippen LogP contribution in [0.3, 0.4) is 0 Å². The summed E-state index contributed by atoms with van der Waals surface area (Å²) in [5.74, 6) is 2.83. The van der Waals surface area contributed by atoms with Crippen molar-refractivity contribution in [2.75, 3.05) is 25.0 Å². The van der Waals surface area contributed by atoms with Crippen molar-refractivity contribution >= 4 is 21.7 Å². The lowest BCUT2D eigenvalue weighted by Crippen LogP contribution is -2.36. The smallest absolute Gasteiger partial charge is 0.133 e. The lowest BCUT2D eigenvalue weighted by molar-refractivity contribution is 0.310. The molecule has 0 saturated carbocycles.